The van der Waals surface area contributed by atoms with Crippen LogP contribution in [0.3, 0.4) is 0 Å². The number of methoxy groups -OCH3 is 1. The van der Waals surface area contributed by atoms with Gasteiger partial charge in [0.05, 0.1) is 28.3 Å². The molecule has 0 bridgehead atoms. The highest BCUT2D eigenvalue weighted by molar-refractivity contribution is 6.47. The Morgan fingerprint density at radius 1 is 1.11 bits per heavy atom. The monoisotopic (exact) mass is 439 g/mol. The number of benzene rings is 2. The third-order valence-corrected chi connectivity index (χ3v) is 5.41. The maximum Gasteiger partial charge on any atom is 0.295 e. The molecular weight excluding hydrogens is 425 g/mol. The third kappa shape index (κ3) is 3.89. The normalized spacial score (nSPS) is 18.7. The summed E-state index contributed by atoms with van der Waals surface area (Å²) in [5.41, 5.74) is 0.845. The smallest absolute Gasteiger partial charge is 0.295 e. The average molecular weight is 441 g/mol. The molecule has 5 nitrogen and oxygen atoms in total. The number of carbonyl (C=O) groups is 2. The molecule has 0 radical (unpaired) electrons. The van der Waals surface area contributed by atoms with Crippen molar-refractivity contribution in [2.75, 3.05) is 20.3 Å². The lowest BCUT2D eigenvalue weighted by Crippen LogP contribution is -2.32. The molecule has 1 heterocycles. The summed E-state index contributed by atoms with van der Waals surface area (Å²) in [6.07, 6.45) is 0. The maximum absolute atomic E-state index is 12.8. The molecular formula is C20H16Cl3NO4. The summed E-state index contributed by atoms with van der Waals surface area (Å²) in [4.78, 5) is 26.8. The molecule has 8 heteroatoms. The van der Waals surface area contributed by atoms with Crippen molar-refractivity contribution < 1.29 is 19.4 Å². The Hall–Kier alpha value is -2.05. The van der Waals surface area contributed by atoms with Crippen molar-refractivity contribution in [3.63, 3.8) is 0 Å². The first-order valence-electron chi connectivity index (χ1n) is 8.33. The fourth-order valence-corrected chi connectivity index (χ4v) is 3.62. The number of ketones is 1. The molecule has 1 aliphatic heterocycles. The van der Waals surface area contributed by atoms with E-state index >= 15 is 0 Å². The Bertz CT molecular complexity index is 974. The number of hydrogen-bond donors (Lipinski definition) is 1. The number of halogens is 3. The van der Waals surface area contributed by atoms with E-state index in [9.17, 15) is 14.7 Å². The first-order valence-corrected chi connectivity index (χ1v) is 9.46. The van der Waals surface area contributed by atoms with E-state index in [4.69, 9.17) is 39.5 Å². The minimum atomic E-state index is -0.830. The molecule has 1 amide bonds. The zero-order valence-corrected chi connectivity index (χ0v) is 17.1. The summed E-state index contributed by atoms with van der Waals surface area (Å²) >= 11 is 18.1. The molecule has 0 aromatic heterocycles. The van der Waals surface area contributed by atoms with Gasteiger partial charge in [-0.15, -0.1) is 0 Å². The zero-order valence-electron chi connectivity index (χ0n) is 14.8. The number of ether oxygens (including phenoxy) is 1. The summed E-state index contributed by atoms with van der Waals surface area (Å²) in [5, 5.41) is 11.9. The molecule has 1 N–H and O–H groups in total. The highest BCUT2D eigenvalue weighted by atomic mass is 35.5. The van der Waals surface area contributed by atoms with E-state index in [0.717, 1.165) is 0 Å². The van der Waals surface area contributed by atoms with Crippen LogP contribution in [0, 0.1) is 0 Å². The van der Waals surface area contributed by atoms with Crippen molar-refractivity contribution in [1.82, 2.24) is 4.90 Å². The van der Waals surface area contributed by atoms with Crippen LogP contribution in [0.4, 0.5) is 0 Å². The van der Waals surface area contributed by atoms with Gasteiger partial charge < -0.3 is 14.7 Å². The van der Waals surface area contributed by atoms with Gasteiger partial charge in [0.15, 0.2) is 0 Å². The lowest BCUT2D eigenvalue weighted by Gasteiger charge is -2.25. The van der Waals surface area contributed by atoms with Crippen LogP contribution in [-0.2, 0) is 14.3 Å². The van der Waals surface area contributed by atoms with Gasteiger partial charge in [-0.2, -0.15) is 0 Å². The number of likely N-dealkylation sites (tertiary alicyclic amines) is 1. The van der Waals surface area contributed by atoms with Gasteiger partial charge in [-0.1, -0.05) is 53.0 Å². The second-order valence-corrected chi connectivity index (χ2v) is 7.42. The number of aliphatic hydroxyl groups excluding tert-OH is 1. The minimum Gasteiger partial charge on any atom is -0.507 e. The second-order valence-electron chi connectivity index (χ2n) is 6.17. The molecule has 0 saturated carbocycles. The number of Topliss-reactive ketones (excluding diaryl/α,β-unsaturated/α-hetero) is 1. The van der Waals surface area contributed by atoms with Gasteiger partial charge in [0, 0.05) is 24.2 Å². The Morgan fingerprint density at radius 3 is 2.50 bits per heavy atom. The predicted molar refractivity (Wildman–Crippen MR) is 109 cm³/mol. The molecule has 1 unspecified atom stereocenters. The molecule has 0 spiro atoms. The van der Waals surface area contributed by atoms with Crippen LogP contribution in [0.2, 0.25) is 15.1 Å². The van der Waals surface area contributed by atoms with Crippen molar-refractivity contribution in [2.24, 2.45) is 0 Å². The van der Waals surface area contributed by atoms with Crippen LogP contribution in [0.25, 0.3) is 5.76 Å². The van der Waals surface area contributed by atoms with E-state index < -0.39 is 17.7 Å². The Labute approximate surface area is 177 Å². The standard InChI is InChI=1S/C20H16Cl3NO4/c1-28-8-7-24-17(11-5-6-14(22)15(23)10-11)16(19(26)20(24)27)18(25)12-3-2-4-13(21)9-12/h2-6,9-10,17,25H,7-8H2,1H3/b18-16-. The molecule has 1 atom stereocenters. The SMILES string of the molecule is COCCN1C(=O)C(=O)/C(=C(\O)c2cccc(Cl)c2)C1c1ccc(Cl)c(Cl)c1. The Morgan fingerprint density at radius 2 is 1.86 bits per heavy atom. The molecule has 1 aliphatic rings. The molecule has 0 aliphatic carbocycles. The van der Waals surface area contributed by atoms with Gasteiger partial charge >= 0.3 is 0 Å². The van der Waals surface area contributed by atoms with Crippen molar-refractivity contribution in [3.8, 4) is 0 Å². The molecule has 146 valence electrons. The van der Waals surface area contributed by atoms with Crippen LogP contribution in [0.1, 0.15) is 17.2 Å². The summed E-state index contributed by atoms with van der Waals surface area (Å²) < 4.78 is 5.06. The topological polar surface area (TPSA) is 66.8 Å². The zero-order chi connectivity index (χ0) is 20.4. The highest BCUT2D eigenvalue weighted by Gasteiger charge is 2.46. The first kappa shape index (κ1) is 20.7. The quantitative estimate of drug-likeness (QED) is 0.415. The Kier molecular flexibility index (Phi) is 6.30. The fraction of sp³-hybridized carbons (Fsp3) is 0.200. The number of nitrogens with zero attached hydrogens (tertiary/aromatic N) is 1. The van der Waals surface area contributed by atoms with Crippen LogP contribution < -0.4 is 0 Å². The van der Waals surface area contributed by atoms with Gasteiger partial charge in [-0.25, -0.2) is 0 Å². The molecule has 28 heavy (non-hydrogen) atoms. The summed E-state index contributed by atoms with van der Waals surface area (Å²) in [7, 11) is 1.50. The fourth-order valence-electron chi connectivity index (χ4n) is 3.12. The number of hydrogen-bond acceptors (Lipinski definition) is 4. The Balaban J connectivity index is 2.19. The number of amides is 1. The third-order valence-electron chi connectivity index (χ3n) is 4.43. The molecule has 3 rings (SSSR count). The van der Waals surface area contributed by atoms with Gasteiger partial charge in [0.2, 0.25) is 0 Å². The average Bonchev–Trinajstić information content (AvgIpc) is 2.92. The predicted octanol–water partition coefficient (Wildman–Crippen LogP) is 4.71. The van der Waals surface area contributed by atoms with Gasteiger partial charge in [-0.3, -0.25) is 9.59 Å². The van der Waals surface area contributed by atoms with E-state index in [0.29, 0.717) is 21.2 Å². The molecule has 1 fully saturated rings. The summed E-state index contributed by atoms with van der Waals surface area (Å²) in [5.74, 6) is -1.82. The lowest BCUT2D eigenvalue weighted by atomic mass is 9.95. The van der Waals surface area contributed by atoms with Gasteiger partial charge in [0.1, 0.15) is 5.76 Å². The van der Waals surface area contributed by atoms with Gasteiger partial charge in [-0.05, 0) is 29.8 Å². The second kappa shape index (κ2) is 8.53. The van der Waals surface area contributed by atoms with Crippen LogP contribution >= 0.6 is 34.8 Å². The minimum absolute atomic E-state index is 0.0400. The van der Waals surface area contributed by atoms with E-state index in [1.807, 2.05) is 0 Å². The number of carbonyl (C=O) groups excluding carboxylic acids is 2. The van der Waals surface area contributed by atoms with Crippen LogP contribution in [-0.4, -0.2) is 42.0 Å². The van der Waals surface area contributed by atoms with E-state index in [1.165, 1.54) is 18.1 Å². The van der Waals surface area contributed by atoms with Gasteiger partial charge in [0.25, 0.3) is 11.7 Å². The first-order chi connectivity index (χ1) is 13.3. The highest BCUT2D eigenvalue weighted by Crippen LogP contribution is 2.40. The molecule has 1 saturated heterocycles. The van der Waals surface area contributed by atoms with Crippen molar-refractivity contribution in [3.05, 3.63) is 74.2 Å². The lowest BCUT2D eigenvalue weighted by molar-refractivity contribution is -0.140. The number of rotatable bonds is 5. The van der Waals surface area contributed by atoms with Crippen LogP contribution in [0.15, 0.2) is 48.0 Å². The maximum atomic E-state index is 12.8. The molecule has 2 aromatic carbocycles. The van der Waals surface area contributed by atoms with Crippen molar-refractivity contribution in [2.45, 2.75) is 6.04 Å². The van der Waals surface area contributed by atoms with Crippen molar-refractivity contribution >= 4 is 52.3 Å². The van der Waals surface area contributed by atoms with Crippen molar-refractivity contribution in [1.29, 1.82) is 0 Å². The largest absolute Gasteiger partial charge is 0.507 e. The van der Waals surface area contributed by atoms with E-state index in [2.05, 4.69) is 0 Å². The summed E-state index contributed by atoms with van der Waals surface area (Å²) in [6.45, 7) is 0.389. The van der Waals surface area contributed by atoms with E-state index in [1.54, 1.807) is 36.4 Å². The molecule has 2 aromatic rings. The summed E-state index contributed by atoms with van der Waals surface area (Å²) in [6, 6.07) is 10.4. The number of aliphatic hydroxyl groups is 1. The van der Waals surface area contributed by atoms with E-state index in [-0.39, 0.29) is 29.5 Å². The van der Waals surface area contributed by atoms with Crippen LogP contribution in [0.5, 0.6) is 0 Å².